The van der Waals surface area contributed by atoms with Gasteiger partial charge in [-0.05, 0) is 51.1 Å². The third-order valence-electron chi connectivity index (χ3n) is 3.54. The molecule has 0 aromatic heterocycles. The molecule has 1 heterocycles. The van der Waals surface area contributed by atoms with Crippen LogP contribution in [-0.2, 0) is 0 Å². The van der Waals surface area contributed by atoms with Crippen LogP contribution in [0.25, 0.3) is 0 Å². The SMILES string of the molecule is CN1CC[C@H]2CC(O)CC[C@@H]2C1. The summed E-state index contributed by atoms with van der Waals surface area (Å²) in [4.78, 5) is 2.43. The zero-order valence-corrected chi connectivity index (χ0v) is 7.87. The van der Waals surface area contributed by atoms with E-state index in [1.807, 2.05) is 0 Å². The topological polar surface area (TPSA) is 23.5 Å². The van der Waals surface area contributed by atoms with E-state index in [-0.39, 0.29) is 6.10 Å². The van der Waals surface area contributed by atoms with Crippen molar-refractivity contribution in [3.05, 3.63) is 0 Å². The minimum Gasteiger partial charge on any atom is -0.393 e. The van der Waals surface area contributed by atoms with Crippen molar-refractivity contribution < 1.29 is 5.11 Å². The summed E-state index contributed by atoms with van der Waals surface area (Å²) in [6, 6.07) is 0. The largest absolute Gasteiger partial charge is 0.393 e. The number of piperidine rings is 1. The Balaban J connectivity index is 1.94. The van der Waals surface area contributed by atoms with E-state index in [9.17, 15) is 5.11 Å². The van der Waals surface area contributed by atoms with Crippen LogP contribution in [0, 0.1) is 11.8 Å². The molecular formula is C10H19NO. The van der Waals surface area contributed by atoms with Crippen molar-refractivity contribution in [2.45, 2.75) is 31.8 Å². The minimum absolute atomic E-state index is 0.00894. The summed E-state index contributed by atoms with van der Waals surface area (Å²) in [5.41, 5.74) is 0. The van der Waals surface area contributed by atoms with E-state index in [4.69, 9.17) is 0 Å². The Kier molecular flexibility index (Phi) is 2.37. The van der Waals surface area contributed by atoms with Gasteiger partial charge in [0.2, 0.25) is 0 Å². The number of rotatable bonds is 0. The summed E-state index contributed by atoms with van der Waals surface area (Å²) >= 11 is 0. The number of hydrogen-bond donors (Lipinski definition) is 1. The highest BCUT2D eigenvalue weighted by Gasteiger charge is 2.32. The van der Waals surface area contributed by atoms with Gasteiger partial charge in [-0.3, -0.25) is 0 Å². The summed E-state index contributed by atoms with van der Waals surface area (Å²) < 4.78 is 0. The molecule has 0 bridgehead atoms. The van der Waals surface area contributed by atoms with E-state index in [1.54, 1.807) is 0 Å². The van der Waals surface area contributed by atoms with Crippen LogP contribution < -0.4 is 0 Å². The van der Waals surface area contributed by atoms with Crippen molar-refractivity contribution in [1.82, 2.24) is 4.90 Å². The van der Waals surface area contributed by atoms with Crippen molar-refractivity contribution >= 4 is 0 Å². The van der Waals surface area contributed by atoms with Gasteiger partial charge in [0.25, 0.3) is 0 Å². The average Bonchev–Trinajstić information content (AvgIpc) is 2.05. The second kappa shape index (κ2) is 3.35. The molecule has 0 spiro atoms. The predicted octanol–water partition coefficient (Wildman–Crippen LogP) is 1.10. The summed E-state index contributed by atoms with van der Waals surface area (Å²) in [6.45, 7) is 2.49. The Labute approximate surface area is 74.6 Å². The molecule has 1 N–H and O–H groups in total. The van der Waals surface area contributed by atoms with E-state index in [2.05, 4.69) is 11.9 Å². The van der Waals surface area contributed by atoms with Crippen LogP contribution in [-0.4, -0.2) is 36.2 Å². The lowest BCUT2D eigenvalue weighted by molar-refractivity contribution is 0.0275. The van der Waals surface area contributed by atoms with Gasteiger partial charge in [0.1, 0.15) is 0 Å². The molecule has 1 aliphatic heterocycles. The Morgan fingerprint density at radius 2 is 2.00 bits per heavy atom. The highest BCUT2D eigenvalue weighted by atomic mass is 16.3. The van der Waals surface area contributed by atoms with Crippen LogP contribution in [0.2, 0.25) is 0 Å². The van der Waals surface area contributed by atoms with Crippen LogP contribution in [0.5, 0.6) is 0 Å². The average molecular weight is 169 g/mol. The standard InChI is InChI=1S/C10H19NO/c1-11-5-4-8-6-10(12)3-2-9(8)7-11/h8-10,12H,2-7H2,1H3/t8-,9+,10?/m0/s1. The molecule has 0 aromatic rings. The summed E-state index contributed by atoms with van der Waals surface area (Å²) in [7, 11) is 2.21. The molecule has 70 valence electrons. The highest BCUT2D eigenvalue weighted by Crippen LogP contribution is 2.35. The molecule has 0 amide bonds. The van der Waals surface area contributed by atoms with Gasteiger partial charge < -0.3 is 10.0 Å². The van der Waals surface area contributed by atoms with E-state index in [1.165, 1.54) is 25.9 Å². The Morgan fingerprint density at radius 1 is 1.17 bits per heavy atom. The van der Waals surface area contributed by atoms with Crippen molar-refractivity contribution in [3.63, 3.8) is 0 Å². The molecule has 1 aliphatic carbocycles. The van der Waals surface area contributed by atoms with Crippen molar-refractivity contribution in [2.75, 3.05) is 20.1 Å². The van der Waals surface area contributed by atoms with Gasteiger partial charge in [0.05, 0.1) is 6.10 Å². The molecule has 1 saturated heterocycles. The minimum atomic E-state index is 0.00894. The first-order chi connectivity index (χ1) is 5.75. The van der Waals surface area contributed by atoms with Gasteiger partial charge in [-0.25, -0.2) is 0 Å². The third kappa shape index (κ3) is 1.64. The number of hydrogen-bond acceptors (Lipinski definition) is 2. The third-order valence-corrected chi connectivity index (χ3v) is 3.54. The number of aliphatic hydroxyl groups is 1. The molecule has 12 heavy (non-hydrogen) atoms. The van der Waals surface area contributed by atoms with E-state index in [0.29, 0.717) is 0 Å². The van der Waals surface area contributed by atoms with E-state index in [0.717, 1.165) is 24.7 Å². The maximum atomic E-state index is 9.50. The van der Waals surface area contributed by atoms with Crippen molar-refractivity contribution in [2.24, 2.45) is 11.8 Å². The van der Waals surface area contributed by atoms with Gasteiger partial charge in [-0.2, -0.15) is 0 Å². The molecule has 1 saturated carbocycles. The molecule has 1 unspecified atom stereocenters. The Hall–Kier alpha value is -0.0800. The molecule has 0 aromatic carbocycles. The zero-order chi connectivity index (χ0) is 8.55. The van der Waals surface area contributed by atoms with Crippen LogP contribution >= 0.6 is 0 Å². The molecule has 2 rings (SSSR count). The maximum absolute atomic E-state index is 9.50. The van der Waals surface area contributed by atoms with Gasteiger partial charge in [-0.1, -0.05) is 0 Å². The Morgan fingerprint density at radius 3 is 2.83 bits per heavy atom. The van der Waals surface area contributed by atoms with Gasteiger partial charge in [-0.15, -0.1) is 0 Å². The Bertz CT molecular complexity index is 142. The quantitative estimate of drug-likeness (QED) is 0.587. The first kappa shape index (κ1) is 8.52. The van der Waals surface area contributed by atoms with Gasteiger partial charge in [0, 0.05) is 6.54 Å². The number of nitrogens with zero attached hydrogens (tertiary/aromatic N) is 1. The summed E-state index contributed by atoms with van der Waals surface area (Å²) in [6.07, 6.45) is 4.66. The fraction of sp³-hybridized carbons (Fsp3) is 1.00. The van der Waals surface area contributed by atoms with Crippen LogP contribution in [0.15, 0.2) is 0 Å². The van der Waals surface area contributed by atoms with Crippen LogP contribution in [0.3, 0.4) is 0 Å². The van der Waals surface area contributed by atoms with Crippen molar-refractivity contribution in [3.8, 4) is 0 Å². The lowest BCUT2D eigenvalue weighted by Crippen LogP contribution is -2.42. The van der Waals surface area contributed by atoms with Crippen LogP contribution in [0.4, 0.5) is 0 Å². The van der Waals surface area contributed by atoms with Gasteiger partial charge in [0.15, 0.2) is 0 Å². The normalized spacial score (nSPS) is 44.0. The summed E-state index contributed by atoms with van der Waals surface area (Å²) in [5, 5.41) is 9.50. The molecule has 2 nitrogen and oxygen atoms in total. The van der Waals surface area contributed by atoms with Gasteiger partial charge >= 0.3 is 0 Å². The first-order valence-electron chi connectivity index (χ1n) is 5.12. The maximum Gasteiger partial charge on any atom is 0.0543 e. The van der Waals surface area contributed by atoms with Crippen molar-refractivity contribution in [1.29, 1.82) is 0 Å². The summed E-state index contributed by atoms with van der Waals surface area (Å²) in [5.74, 6) is 1.71. The molecule has 2 aliphatic rings. The lowest BCUT2D eigenvalue weighted by Gasteiger charge is -2.41. The highest BCUT2D eigenvalue weighted by molar-refractivity contribution is 4.85. The molecule has 2 fully saturated rings. The molecule has 3 atom stereocenters. The predicted molar refractivity (Wildman–Crippen MR) is 49.0 cm³/mol. The van der Waals surface area contributed by atoms with Crippen LogP contribution in [0.1, 0.15) is 25.7 Å². The lowest BCUT2D eigenvalue weighted by atomic mass is 9.74. The number of aliphatic hydroxyl groups excluding tert-OH is 1. The monoisotopic (exact) mass is 169 g/mol. The second-order valence-corrected chi connectivity index (χ2v) is 4.54. The smallest absolute Gasteiger partial charge is 0.0543 e. The number of likely N-dealkylation sites (tertiary alicyclic amines) is 1. The zero-order valence-electron chi connectivity index (χ0n) is 7.87. The van der Waals surface area contributed by atoms with E-state index < -0.39 is 0 Å². The fourth-order valence-electron chi connectivity index (χ4n) is 2.77. The molecule has 0 radical (unpaired) electrons. The van der Waals surface area contributed by atoms with E-state index >= 15 is 0 Å². The fourth-order valence-corrected chi connectivity index (χ4v) is 2.77. The molecule has 2 heteroatoms. The number of fused-ring (bicyclic) bond motifs is 1. The second-order valence-electron chi connectivity index (χ2n) is 4.54. The first-order valence-corrected chi connectivity index (χ1v) is 5.12. The molecular weight excluding hydrogens is 150 g/mol.